The van der Waals surface area contributed by atoms with Crippen molar-refractivity contribution < 1.29 is 22.7 Å². The molecule has 0 aromatic heterocycles. The van der Waals surface area contributed by atoms with E-state index in [4.69, 9.17) is 11.6 Å². The average molecular weight is 386 g/mol. The first-order chi connectivity index (χ1) is 9.32. The highest BCUT2D eigenvalue weighted by Gasteiger charge is 2.47. The molecular formula is C12H15Cl3F4N2O. The van der Waals surface area contributed by atoms with Crippen LogP contribution in [0.4, 0.5) is 17.6 Å². The standard InChI is InChI=1S/C12H13ClF4N2O.2ClH/c13-7-1-2-8(14)9(10(7)20)11(12(15,16)17)19-5-3-18-4-6-19;;/h1-2,11,18,20H,3-6H2;2*1H/t11-;;/m0../s1. The van der Waals surface area contributed by atoms with Crippen LogP contribution in [0.1, 0.15) is 11.6 Å². The van der Waals surface area contributed by atoms with Gasteiger partial charge in [0, 0.05) is 26.2 Å². The number of hydrogen-bond acceptors (Lipinski definition) is 3. The summed E-state index contributed by atoms with van der Waals surface area (Å²) in [5, 5.41) is 12.4. The molecule has 1 aromatic rings. The number of benzene rings is 1. The van der Waals surface area contributed by atoms with E-state index < -0.39 is 29.3 Å². The maximum Gasteiger partial charge on any atom is 0.408 e. The Morgan fingerprint density at radius 3 is 2.23 bits per heavy atom. The molecule has 0 bridgehead atoms. The molecule has 1 aromatic carbocycles. The summed E-state index contributed by atoms with van der Waals surface area (Å²) in [6.45, 7) is 0.955. The summed E-state index contributed by atoms with van der Waals surface area (Å²) in [7, 11) is 0. The van der Waals surface area contributed by atoms with E-state index in [2.05, 4.69) is 5.32 Å². The predicted octanol–water partition coefficient (Wildman–Crippen LogP) is 3.54. The van der Waals surface area contributed by atoms with E-state index in [1.165, 1.54) is 0 Å². The molecule has 0 unspecified atom stereocenters. The average Bonchev–Trinajstić information content (AvgIpc) is 2.39. The van der Waals surface area contributed by atoms with Gasteiger partial charge in [-0.2, -0.15) is 13.2 Å². The zero-order valence-corrected chi connectivity index (χ0v) is 13.6. The van der Waals surface area contributed by atoms with Crippen LogP contribution in [0, 0.1) is 5.82 Å². The van der Waals surface area contributed by atoms with E-state index in [1.54, 1.807) is 0 Å². The molecule has 3 nitrogen and oxygen atoms in total. The van der Waals surface area contributed by atoms with Crippen molar-refractivity contribution in [3.05, 3.63) is 28.5 Å². The Balaban J connectivity index is 0.00000220. The van der Waals surface area contributed by atoms with E-state index in [-0.39, 0.29) is 42.9 Å². The van der Waals surface area contributed by atoms with Crippen molar-refractivity contribution in [2.75, 3.05) is 26.2 Å². The molecule has 1 atom stereocenters. The molecule has 1 fully saturated rings. The van der Waals surface area contributed by atoms with Gasteiger partial charge in [0.15, 0.2) is 0 Å². The van der Waals surface area contributed by atoms with Gasteiger partial charge in [-0.25, -0.2) is 4.39 Å². The van der Waals surface area contributed by atoms with Crippen LogP contribution in [-0.4, -0.2) is 42.4 Å². The van der Waals surface area contributed by atoms with E-state index in [9.17, 15) is 22.7 Å². The highest BCUT2D eigenvalue weighted by Crippen LogP contribution is 2.44. The molecule has 0 aliphatic carbocycles. The van der Waals surface area contributed by atoms with Crippen LogP contribution in [0.3, 0.4) is 0 Å². The van der Waals surface area contributed by atoms with E-state index in [0.29, 0.717) is 13.1 Å². The van der Waals surface area contributed by atoms with Gasteiger partial charge in [0.1, 0.15) is 17.6 Å². The quantitative estimate of drug-likeness (QED) is 0.765. The first-order valence-corrected chi connectivity index (χ1v) is 6.38. The van der Waals surface area contributed by atoms with Crippen LogP contribution in [-0.2, 0) is 0 Å². The largest absolute Gasteiger partial charge is 0.506 e. The predicted molar refractivity (Wildman–Crippen MR) is 80.8 cm³/mol. The molecule has 1 aliphatic rings. The van der Waals surface area contributed by atoms with Gasteiger partial charge in [-0.3, -0.25) is 4.90 Å². The summed E-state index contributed by atoms with van der Waals surface area (Å²) in [6.07, 6.45) is -4.71. The number of halogens is 7. The van der Waals surface area contributed by atoms with Gasteiger partial charge in [-0.1, -0.05) is 11.6 Å². The molecule has 2 N–H and O–H groups in total. The van der Waals surface area contributed by atoms with Gasteiger partial charge >= 0.3 is 6.18 Å². The Morgan fingerprint density at radius 1 is 1.18 bits per heavy atom. The smallest absolute Gasteiger partial charge is 0.408 e. The number of aromatic hydroxyl groups is 1. The van der Waals surface area contributed by atoms with Crippen molar-refractivity contribution in [2.45, 2.75) is 12.2 Å². The maximum atomic E-state index is 13.8. The number of hydrogen-bond donors (Lipinski definition) is 2. The van der Waals surface area contributed by atoms with Crippen LogP contribution < -0.4 is 5.32 Å². The minimum atomic E-state index is -4.71. The molecule has 2 rings (SSSR count). The van der Waals surface area contributed by atoms with Crippen LogP contribution in [0.2, 0.25) is 5.02 Å². The van der Waals surface area contributed by atoms with Crippen LogP contribution in [0.25, 0.3) is 0 Å². The number of alkyl halides is 3. The lowest BCUT2D eigenvalue weighted by molar-refractivity contribution is -0.189. The van der Waals surface area contributed by atoms with Crippen molar-refractivity contribution in [2.24, 2.45) is 0 Å². The summed E-state index contributed by atoms with van der Waals surface area (Å²) in [6, 6.07) is -0.345. The van der Waals surface area contributed by atoms with Crippen molar-refractivity contribution in [1.29, 1.82) is 0 Å². The Labute approximate surface area is 142 Å². The lowest BCUT2D eigenvalue weighted by atomic mass is 10.0. The molecule has 1 heterocycles. The summed E-state index contributed by atoms with van der Waals surface area (Å²) in [5.41, 5.74) is -0.813. The Kier molecular flexibility index (Phi) is 8.22. The van der Waals surface area contributed by atoms with E-state index >= 15 is 0 Å². The van der Waals surface area contributed by atoms with Gasteiger partial charge in [-0.05, 0) is 12.1 Å². The zero-order valence-electron chi connectivity index (χ0n) is 11.2. The topological polar surface area (TPSA) is 35.5 Å². The van der Waals surface area contributed by atoms with Gasteiger partial charge < -0.3 is 10.4 Å². The second-order valence-corrected chi connectivity index (χ2v) is 4.93. The third kappa shape index (κ3) is 4.52. The lowest BCUT2D eigenvalue weighted by Gasteiger charge is -2.36. The van der Waals surface area contributed by atoms with Gasteiger partial charge in [0.2, 0.25) is 0 Å². The normalized spacial score (nSPS) is 17.3. The minimum Gasteiger partial charge on any atom is -0.506 e. The summed E-state index contributed by atoms with van der Waals surface area (Å²) >= 11 is 5.60. The fourth-order valence-electron chi connectivity index (χ4n) is 2.31. The summed E-state index contributed by atoms with van der Waals surface area (Å²) in [4.78, 5) is 1.09. The Bertz CT molecular complexity index is 496. The Hall–Kier alpha value is -0.470. The fraction of sp³-hybridized carbons (Fsp3) is 0.500. The van der Waals surface area contributed by atoms with Crippen LogP contribution >= 0.6 is 36.4 Å². The van der Waals surface area contributed by atoms with Crippen LogP contribution in [0.5, 0.6) is 5.75 Å². The number of phenols is 1. The summed E-state index contributed by atoms with van der Waals surface area (Å²) < 4.78 is 53.7. The number of phenolic OH excluding ortho intramolecular Hbond substituents is 1. The van der Waals surface area contributed by atoms with Gasteiger partial charge in [0.25, 0.3) is 0 Å². The van der Waals surface area contributed by atoms with Crippen molar-refractivity contribution in [3.63, 3.8) is 0 Å². The molecule has 1 aliphatic heterocycles. The zero-order chi connectivity index (χ0) is 14.9. The highest BCUT2D eigenvalue weighted by atomic mass is 35.5. The third-order valence-corrected chi connectivity index (χ3v) is 3.52. The molecule has 22 heavy (non-hydrogen) atoms. The number of nitrogens with zero attached hydrogens (tertiary/aromatic N) is 1. The molecule has 0 amide bonds. The van der Waals surface area contributed by atoms with Gasteiger partial charge in [-0.15, -0.1) is 24.8 Å². The van der Waals surface area contributed by atoms with E-state index in [1.807, 2.05) is 0 Å². The second kappa shape index (κ2) is 8.40. The Morgan fingerprint density at radius 2 is 1.73 bits per heavy atom. The maximum absolute atomic E-state index is 13.8. The minimum absolute atomic E-state index is 0. The molecule has 0 radical (unpaired) electrons. The first-order valence-electron chi connectivity index (χ1n) is 6.00. The molecule has 0 spiro atoms. The fourth-order valence-corrected chi connectivity index (χ4v) is 2.48. The number of piperazine rings is 1. The number of nitrogens with one attached hydrogen (secondary N) is 1. The van der Waals surface area contributed by atoms with Crippen molar-refractivity contribution in [1.82, 2.24) is 10.2 Å². The van der Waals surface area contributed by atoms with Crippen molar-refractivity contribution in [3.8, 4) is 5.75 Å². The highest BCUT2D eigenvalue weighted by molar-refractivity contribution is 6.32. The lowest BCUT2D eigenvalue weighted by Crippen LogP contribution is -2.49. The first kappa shape index (κ1) is 21.5. The monoisotopic (exact) mass is 384 g/mol. The molecule has 0 saturated carbocycles. The molecular weight excluding hydrogens is 370 g/mol. The second-order valence-electron chi connectivity index (χ2n) is 4.52. The molecule has 1 saturated heterocycles. The van der Waals surface area contributed by atoms with Crippen LogP contribution in [0.15, 0.2) is 12.1 Å². The SMILES string of the molecule is Cl.Cl.Oc1c(Cl)ccc(F)c1[C@H](N1CCNCC1)C(F)(F)F. The van der Waals surface area contributed by atoms with Crippen molar-refractivity contribution >= 4 is 36.4 Å². The van der Waals surface area contributed by atoms with E-state index in [0.717, 1.165) is 17.0 Å². The van der Waals surface area contributed by atoms with Gasteiger partial charge in [0.05, 0.1) is 10.6 Å². The summed E-state index contributed by atoms with van der Waals surface area (Å²) in [5.74, 6) is -1.97. The molecule has 10 heteroatoms. The molecule has 128 valence electrons. The number of rotatable bonds is 2. The third-order valence-electron chi connectivity index (χ3n) is 3.21.